The predicted molar refractivity (Wildman–Crippen MR) is 121 cm³/mol. The fourth-order valence-corrected chi connectivity index (χ4v) is 3.91. The number of benzene rings is 1. The molecule has 1 amide bonds. The molecule has 7 heteroatoms. The van der Waals surface area contributed by atoms with E-state index >= 15 is 0 Å². The van der Waals surface area contributed by atoms with Crippen LogP contribution >= 0.6 is 0 Å². The molecule has 168 valence electrons. The molecule has 0 atom stereocenters. The first-order valence-electron chi connectivity index (χ1n) is 10.9. The molecule has 1 aliphatic carbocycles. The van der Waals surface area contributed by atoms with Crippen molar-refractivity contribution in [2.24, 2.45) is 10.4 Å². The Hall–Kier alpha value is -2.28. The number of nitrogens with zero attached hydrogens (tertiary/aromatic N) is 2. The van der Waals surface area contributed by atoms with E-state index in [0.717, 1.165) is 55.1 Å². The summed E-state index contributed by atoms with van der Waals surface area (Å²) in [7, 11) is 5.34. The molecular weight excluding hydrogens is 380 g/mol. The van der Waals surface area contributed by atoms with Crippen LogP contribution in [0.4, 0.5) is 0 Å². The van der Waals surface area contributed by atoms with Gasteiger partial charge in [-0.2, -0.15) is 0 Å². The Morgan fingerprint density at radius 1 is 1.20 bits per heavy atom. The van der Waals surface area contributed by atoms with Gasteiger partial charge in [0.25, 0.3) is 0 Å². The summed E-state index contributed by atoms with van der Waals surface area (Å²) < 4.78 is 11.0. The minimum Gasteiger partial charge on any atom is -0.491 e. The zero-order valence-corrected chi connectivity index (χ0v) is 19.2. The van der Waals surface area contributed by atoms with E-state index in [0.29, 0.717) is 26.3 Å². The summed E-state index contributed by atoms with van der Waals surface area (Å²) in [5.74, 6) is 1.76. The number of ether oxygens (including phenoxy) is 2. The van der Waals surface area contributed by atoms with Crippen molar-refractivity contribution in [1.82, 2.24) is 15.5 Å². The van der Waals surface area contributed by atoms with Crippen molar-refractivity contribution in [1.29, 1.82) is 0 Å². The average Bonchev–Trinajstić information content (AvgIpc) is 3.20. The lowest BCUT2D eigenvalue weighted by Crippen LogP contribution is -2.49. The summed E-state index contributed by atoms with van der Waals surface area (Å²) >= 11 is 0. The van der Waals surface area contributed by atoms with Crippen molar-refractivity contribution < 1.29 is 14.3 Å². The van der Waals surface area contributed by atoms with E-state index < -0.39 is 0 Å². The van der Waals surface area contributed by atoms with Crippen LogP contribution in [0.1, 0.15) is 43.7 Å². The van der Waals surface area contributed by atoms with Gasteiger partial charge in [-0.15, -0.1) is 0 Å². The lowest BCUT2D eigenvalue weighted by molar-refractivity contribution is -0.138. The Bertz CT molecular complexity index is 712. The Labute approximate surface area is 181 Å². The number of hydrogen-bond acceptors (Lipinski definition) is 4. The molecule has 0 heterocycles. The van der Waals surface area contributed by atoms with Gasteiger partial charge in [0.2, 0.25) is 5.91 Å². The van der Waals surface area contributed by atoms with E-state index in [2.05, 4.69) is 22.8 Å². The van der Waals surface area contributed by atoms with Gasteiger partial charge in [0.05, 0.1) is 18.6 Å². The summed E-state index contributed by atoms with van der Waals surface area (Å²) in [4.78, 5) is 19.3. The van der Waals surface area contributed by atoms with Crippen LogP contribution in [-0.2, 0) is 16.1 Å². The van der Waals surface area contributed by atoms with E-state index in [-0.39, 0.29) is 11.3 Å². The van der Waals surface area contributed by atoms with Gasteiger partial charge in [0.1, 0.15) is 12.4 Å². The highest BCUT2D eigenvalue weighted by molar-refractivity contribution is 5.85. The highest BCUT2D eigenvalue weighted by Gasteiger charge is 2.42. The third-order valence-electron chi connectivity index (χ3n) is 5.53. The monoisotopic (exact) mass is 418 g/mol. The van der Waals surface area contributed by atoms with Crippen LogP contribution in [0.3, 0.4) is 0 Å². The Morgan fingerprint density at radius 3 is 2.57 bits per heavy atom. The lowest BCUT2D eigenvalue weighted by atomic mass is 9.84. The Morgan fingerprint density at radius 2 is 1.93 bits per heavy atom. The number of carbonyl (C=O) groups excluding carboxylic acids is 1. The minimum absolute atomic E-state index is 0.204. The smallest absolute Gasteiger partial charge is 0.230 e. The van der Waals surface area contributed by atoms with Gasteiger partial charge in [0.15, 0.2) is 5.96 Å². The van der Waals surface area contributed by atoms with Crippen LogP contribution in [0.15, 0.2) is 23.2 Å². The molecule has 1 saturated carbocycles. The van der Waals surface area contributed by atoms with Gasteiger partial charge < -0.3 is 25.0 Å². The van der Waals surface area contributed by atoms with E-state index in [1.165, 1.54) is 0 Å². The molecular formula is C23H38N4O3. The molecule has 2 rings (SSSR count). The zero-order valence-electron chi connectivity index (χ0n) is 19.2. The van der Waals surface area contributed by atoms with Crippen LogP contribution < -0.4 is 15.4 Å². The molecule has 1 aromatic rings. The third-order valence-corrected chi connectivity index (χ3v) is 5.53. The van der Waals surface area contributed by atoms with Crippen LogP contribution in [0.25, 0.3) is 0 Å². The van der Waals surface area contributed by atoms with Crippen molar-refractivity contribution >= 4 is 11.9 Å². The van der Waals surface area contributed by atoms with Gasteiger partial charge in [-0.3, -0.25) is 4.79 Å². The molecule has 30 heavy (non-hydrogen) atoms. The summed E-state index contributed by atoms with van der Waals surface area (Å²) in [5.41, 5.74) is 1.83. The van der Waals surface area contributed by atoms with Crippen molar-refractivity contribution in [3.63, 3.8) is 0 Å². The molecule has 7 nitrogen and oxygen atoms in total. The third kappa shape index (κ3) is 6.62. The molecule has 0 saturated heterocycles. The van der Waals surface area contributed by atoms with E-state index in [4.69, 9.17) is 14.5 Å². The van der Waals surface area contributed by atoms with E-state index in [9.17, 15) is 4.79 Å². The van der Waals surface area contributed by atoms with Crippen LogP contribution in [0, 0.1) is 12.3 Å². The van der Waals surface area contributed by atoms with Gasteiger partial charge in [0, 0.05) is 39.9 Å². The largest absolute Gasteiger partial charge is 0.491 e. The van der Waals surface area contributed by atoms with Gasteiger partial charge in [-0.1, -0.05) is 25.0 Å². The van der Waals surface area contributed by atoms with Gasteiger partial charge >= 0.3 is 0 Å². The first-order chi connectivity index (χ1) is 14.4. The molecule has 0 bridgehead atoms. The Kier molecular flexibility index (Phi) is 9.43. The van der Waals surface area contributed by atoms with Crippen LogP contribution in [-0.4, -0.2) is 64.3 Å². The second-order valence-electron chi connectivity index (χ2n) is 8.19. The van der Waals surface area contributed by atoms with Crippen molar-refractivity contribution in [3.8, 4) is 5.75 Å². The fraction of sp³-hybridized carbons (Fsp3) is 0.652. The highest BCUT2D eigenvalue weighted by Crippen LogP contribution is 2.38. The van der Waals surface area contributed by atoms with Crippen molar-refractivity contribution in [2.45, 2.75) is 46.1 Å². The predicted octanol–water partition coefficient (Wildman–Crippen LogP) is 2.72. The molecule has 2 N–H and O–H groups in total. The summed E-state index contributed by atoms with van der Waals surface area (Å²) in [6.07, 6.45) is 4.04. The number of hydrogen-bond donors (Lipinski definition) is 2. The van der Waals surface area contributed by atoms with E-state index in [1.807, 2.05) is 34.0 Å². The summed E-state index contributed by atoms with van der Waals surface area (Å²) in [5, 5.41) is 6.72. The number of rotatable bonds is 10. The number of methoxy groups -OCH3 is 1. The molecule has 1 aliphatic rings. The summed E-state index contributed by atoms with van der Waals surface area (Å²) in [6, 6.07) is 6.15. The minimum atomic E-state index is -0.335. The van der Waals surface area contributed by atoms with E-state index in [1.54, 1.807) is 12.0 Å². The highest BCUT2D eigenvalue weighted by atomic mass is 16.5. The van der Waals surface area contributed by atoms with Crippen molar-refractivity contribution in [3.05, 3.63) is 29.3 Å². The maximum Gasteiger partial charge on any atom is 0.230 e. The first-order valence-corrected chi connectivity index (χ1v) is 10.9. The topological polar surface area (TPSA) is 75.2 Å². The number of nitrogens with one attached hydrogen (secondary N) is 2. The van der Waals surface area contributed by atoms with Crippen molar-refractivity contribution in [2.75, 3.05) is 47.5 Å². The number of carbonyl (C=O) groups is 1. The summed E-state index contributed by atoms with van der Waals surface area (Å²) in [6.45, 7) is 6.98. The average molecular weight is 419 g/mol. The molecule has 1 aromatic carbocycles. The number of aliphatic imine (C=N–C) groups is 1. The molecule has 0 aliphatic heterocycles. The molecule has 0 radical (unpaired) electrons. The number of amides is 1. The van der Waals surface area contributed by atoms with Gasteiger partial charge in [-0.05, 0) is 38.3 Å². The molecule has 0 spiro atoms. The van der Waals surface area contributed by atoms with Gasteiger partial charge in [-0.25, -0.2) is 4.99 Å². The first kappa shape index (κ1) is 24.0. The second kappa shape index (κ2) is 11.8. The molecule has 1 fully saturated rings. The lowest BCUT2D eigenvalue weighted by Gasteiger charge is -2.31. The molecule has 0 aromatic heterocycles. The van der Waals surface area contributed by atoms with Crippen LogP contribution in [0.2, 0.25) is 0 Å². The SMILES string of the molecule is CCNC(=NCc1ccc(C)cc1OCCOC)NCC1(C(=O)N(C)C)CCCC1. The quantitative estimate of drug-likeness (QED) is 0.347. The standard InChI is InChI=1S/C23H38N4O3/c1-6-24-22(26-17-23(11-7-8-12-23)21(28)27(3)4)25-16-19-10-9-18(2)15-20(19)30-14-13-29-5/h9-10,15H,6-8,11-14,16-17H2,1-5H3,(H2,24,25,26). The fourth-order valence-electron chi connectivity index (χ4n) is 3.91. The Balaban J connectivity index is 2.10. The zero-order chi connectivity index (χ0) is 22.0. The second-order valence-corrected chi connectivity index (χ2v) is 8.19. The normalized spacial score (nSPS) is 15.7. The maximum absolute atomic E-state index is 12.8. The maximum atomic E-state index is 12.8. The van der Waals surface area contributed by atoms with Crippen LogP contribution in [0.5, 0.6) is 5.75 Å². The molecule has 0 unspecified atom stereocenters. The number of guanidine groups is 1. The number of aryl methyl sites for hydroxylation is 1.